The molecule has 3 rings (SSSR count). The third kappa shape index (κ3) is 2.13. The van der Waals surface area contributed by atoms with Crippen molar-refractivity contribution in [2.75, 3.05) is 5.32 Å². The highest BCUT2D eigenvalue weighted by Gasteiger charge is 2.06. The molecule has 0 bridgehead atoms. The van der Waals surface area contributed by atoms with Gasteiger partial charge in [0.1, 0.15) is 11.0 Å². The largest absolute Gasteiger partial charge is 0.353 e. The highest BCUT2D eigenvalue weighted by atomic mass is 15.1. The lowest BCUT2D eigenvalue weighted by molar-refractivity contribution is -0.326. The van der Waals surface area contributed by atoms with E-state index in [2.05, 4.69) is 39.6 Å². The molecule has 0 radical (unpaired) electrons. The molecule has 0 aliphatic carbocycles. The van der Waals surface area contributed by atoms with Crippen LogP contribution in [0.2, 0.25) is 0 Å². The van der Waals surface area contributed by atoms with Gasteiger partial charge in [0.05, 0.1) is 6.54 Å². The van der Waals surface area contributed by atoms with Gasteiger partial charge in [-0.2, -0.15) is 0 Å². The molecule has 0 unspecified atom stereocenters. The van der Waals surface area contributed by atoms with Crippen molar-refractivity contribution >= 4 is 17.0 Å². The van der Waals surface area contributed by atoms with Crippen LogP contribution in [0.1, 0.15) is 5.56 Å². The maximum absolute atomic E-state index is 3.34. The Hall–Kier alpha value is -2.29. The third-order valence-electron chi connectivity index (χ3n) is 2.76. The number of hydrogen-bond acceptors (Lipinski definition) is 1. The molecule has 2 aromatic carbocycles. The van der Waals surface area contributed by atoms with Crippen LogP contribution in [0.25, 0.3) is 11.0 Å². The van der Waals surface area contributed by atoms with Gasteiger partial charge in [0.15, 0.2) is 0 Å². The molecule has 3 heteroatoms. The number of imidazole rings is 1. The molecule has 3 nitrogen and oxygen atoms in total. The van der Waals surface area contributed by atoms with Crippen molar-refractivity contribution in [2.45, 2.75) is 6.54 Å². The molecule has 1 heterocycles. The summed E-state index contributed by atoms with van der Waals surface area (Å²) in [6.07, 6.45) is 0. The van der Waals surface area contributed by atoms with Crippen LogP contribution in [-0.4, -0.2) is 4.98 Å². The van der Waals surface area contributed by atoms with E-state index in [4.69, 9.17) is 0 Å². The van der Waals surface area contributed by atoms with Crippen molar-refractivity contribution < 1.29 is 4.98 Å². The number of H-pyrrole nitrogens is 2. The molecule has 0 saturated heterocycles. The summed E-state index contributed by atoms with van der Waals surface area (Å²) in [6.45, 7) is 0.810. The van der Waals surface area contributed by atoms with Crippen LogP contribution in [0.15, 0.2) is 54.6 Å². The molecule has 84 valence electrons. The Morgan fingerprint density at radius 3 is 2.53 bits per heavy atom. The minimum absolute atomic E-state index is 0.810. The van der Waals surface area contributed by atoms with E-state index in [-0.39, 0.29) is 0 Å². The highest BCUT2D eigenvalue weighted by molar-refractivity contribution is 5.72. The van der Waals surface area contributed by atoms with Crippen molar-refractivity contribution in [3.05, 3.63) is 60.2 Å². The van der Waals surface area contributed by atoms with Gasteiger partial charge in [-0.05, 0) is 17.7 Å². The summed E-state index contributed by atoms with van der Waals surface area (Å²) in [5.41, 5.74) is 3.49. The van der Waals surface area contributed by atoms with E-state index in [0.717, 1.165) is 23.5 Å². The number of nitrogens with one attached hydrogen (secondary N) is 3. The molecule has 1 aromatic heterocycles. The predicted molar refractivity (Wildman–Crippen MR) is 68.6 cm³/mol. The number of benzene rings is 2. The zero-order valence-corrected chi connectivity index (χ0v) is 9.40. The number of hydrogen-bond donors (Lipinski definition) is 2. The summed E-state index contributed by atoms with van der Waals surface area (Å²) in [5.74, 6) is 0.940. The first-order valence-corrected chi connectivity index (χ1v) is 5.70. The molecule has 0 atom stereocenters. The highest BCUT2D eigenvalue weighted by Crippen LogP contribution is 2.09. The monoisotopic (exact) mass is 224 g/mol. The molecule has 0 fully saturated rings. The third-order valence-corrected chi connectivity index (χ3v) is 2.76. The quantitative estimate of drug-likeness (QED) is 0.705. The molecule has 17 heavy (non-hydrogen) atoms. The van der Waals surface area contributed by atoms with Crippen molar-refractivity contribution in [3.8, 4) is 0 Å². The lowest BCUT2D eigenvalue weighted by Gasteiger charge is -1.96. The van der Waals surface area contributed by atoms with Gasteiger partial charge in [-0.25, -0.2) is 9.97 Å². The average Bonchev–Trinajstić information content (AvgIpc) is 2.80. The first kappa shape index (κ1) is 9.90. The Balaban J connectivity index is 1.77. The Morgan fingerprint density at radius 2 is 1.71 bits per heavy atom. The van der Waals surface area contributed by atoms with Gasteiger partial charge in [0.2, 0.25) is 0 Å². The van der Waals surface area contributed by atoms with Crippen LogP contribution in [0, 0.1) is 0 Å². The van der Waals surface area contributed by atoms with Crippen LogP contribution in [0.3, 0.4) is 0 Å². The van der Waals surface area contributed by atoms with Crippen LogP contribution in [-0.2, 0) is 6.54 Å². The maximum Gasteiger partial charge on any atom is 0.353 e. The molecular weight excluding hydrogens is 210 g/mol. The fourth-order valence-corrected chi connectivity index (χ4v) is 1.88. The van der Waals surface area contributed by atoms with Crippen molar-refractivity contribution in [1.82, 2.24) is 4.98 Å². The first-order valence-electron chi connectivity index (χ1n) is 5.70. The number of anilines is 1. The number of fused-ring (bicyclic) bond motifs is 1. The van der Waals surface area contributed by atoms with Crippen LogP contribution >= 0.6 is 0 Å². The molecule has 0 aliphatic heterocycles. The zero-order valence-electron chi connectivity index (χ0n) is 9.40. The van der Waals surface area contributed by atoms with E-state index < -0.39 is 0 Å². The van der Waals surface area contributed by atoms with Gasteiger partial charge in [-0.15, -0.1) is 0 Å². The first-order chi connectivity index (χ1) is 8.42. The van der Waals surface area contributed by atoms with E-state index in [9.17, 15) is 0 Å². The van der Waals surface area contributed by atoms with Gasteiger partial charge in [-0.1, -0.05) is 42.5 Å². The SMILES string of the molecule is c1ccc(CNc2[nH]c3ccccc3[nH+]2)cc1. The van der Waals surface area contributed by atoms with E-state index in [1.165, 1.54) is 5.56 Å². The number of para-hydroxylation sites is 2. The van der Waals surface area contributed by atoms with Crippen molar-refractivity contribution in [2.24, 2.45) is 0 Å². The molecule has 0 amide bonds. The van der Waals surface area contributed by atoms with E-state index in [1.54, 1.807) is 0 Å². The smallest absolute Gasteiger partial charge is 0.273 e. The maximum atomic E-state index is 3.34. The van der Waals surface area contributed by atoms with Crippen molar-refractivity contribution in [1.29, 1.82) is 0 Å². The lowest BCUT2D eigenvalue weighted by Crippen LogP contribution is -2.10. The summed E-state index contributed by atoms with van der Waals surface area (Å²) in [5, 5.41) is 3.34. The number of aromatic nitrogens is 2. The van der Waals surface area contributed by atoms with Crippen LogP contribution in [0.5, 0.6) is 0 Å². The Morgan fingerprint density at radius 1 is 0.941 bits per heavy atom. The molecule has 3 N–H and O–H groups in total. The van der Waals surface area contributed by atoms with Crippen molar-refractivity contribution in [3.63, 3.8) is 0 Å². The fourth-order valence-electron chi connectivity index (χ4n) is 1.88. The molecule has 0 aliphatic rings. The molecule has 0 saturated carbocycles. The Kier molecular flexibility index (Phi) is 2.50. The average molecular weight is 224 g/mol. The fraction of sp³-hybridized carbons (Fsp3) is 0.0714. The van der Waals surface area contributed by atoms with E-state index in [0.29, 0.717) is 0 Å². The van der Waals surface area contributed by atoms with Gasteiger partial charge in [-0.3, -0.25) is 5.32 Å². The molecule has 0 spiro atoms. The Labute approximate surface area is 99.5 Å². The minimum atomic E-state index is 0.810. The second-order valence-corrected chi connectivity index (χ2v) is 4.01. The number of rotatable bonds is 3. The lowest BCUT2D eigenvalue weighted by atomic mass is 10.2. The van der Waals surface area contributed by atoms with Crippen LogP contribution < -0.4 is 10.3 Å². The molecular formula is C14H14N3+. The zero-order chi connectivity index (χ0) is 11.5. The van der Waals surface area contributed by atoms with Gasteiger partial charge < -0.3 is 0 Å². The second kappa shape index (κ2) is 4.29. The van der Waals surface area contributed by atoms with Gasteiger partial charge in [0.25, 0.3) is 0 Å². The van der Waals surface area contributed by atoms with Gasteiger partial charge >= 0.3 is 5.95 Å². The van der Waals surface area contributed by atoms with E-state index in [1.807, 2.05) is 30.3 Å². The normalized spacial score (nSPS) is 10.6. The summed E-state index contributed by atoms with van der Waals surface area (Å²) < 4.78 is 0. The Bertz CT molecular complexity index is 580. The predicted octanol–water partition coefficient (Wildman–Crippen LogP) is 2.59. The summed E-state index contributed by atoms with van der Waals surface area (Å²) >= 11 is 0. The number of aromatic amines is 2. The minimum Gasteiger partial charge on any atom is -0.273 e. The molecule has 3 aromatic rings. The van der Waals surface area contributed by atoms with E-state index >= 15 is 0 Å². The summed E-state index contributed by atoms with van der Waals surface area (Å²) in [6, 6.07) is 18.5. The topological polar surface area (TPSA) is 42.0 Å². The van der Waals surface area contributed by atoms with Gasteiger partial charge in [0, 0.05) is 0 Å². The summed E-state index contributed by atoms with van der Waals surface area (Å²) in [4.78, 5) is 6.60. The standard InChI is InChI=1S/C14H13N3/c1-2-6-11(7-3-1)10-15-14-16-12-8-4-5-9-13(12)17-14/h1-9H,10H2,(H2,15,16,17)/p+1. The van der Waals surface area contributed by atoms with Crippen LogP contribution in [0.4, 0.5) is 5.95 Å². The second-order valence-electron chi connectivity index (χ2n) is 4.01. The summed E-state index contributed by atoms with van der Waals surface area (Å²) in [7, 11) is 0.